The monoisotopic (exact) mass is 276 g/mol. The Bertz CT molecular complexity index is 612. The van der Waals surface area contributed by atoms with E-state index in [0.29, 0.717) is 25.3 Å². The van der Waals surface area contributed by atoms with Crippen LogP contribution in [0.15, 0.2) is 30.5 Å². The third-order valence-electron chi connectivity index (χ3n) is 3.50. The van der Waals surface area contributed by atoms with E-state index in [2.05, 4.69) is 10.3 Å². The number of nitrogens with zero attached hydrogens (tertiary/aromatic N) is 1. The molecular weight excluding hydrogens is 259 g/mol. The Hall–Kier alpha value is -1.72. The maximum absolute atomic E-state index is 13.2. The highest BCUT2D eigenvalue weighted by molar-refractivity contribution is 5.90. The second-order valence-electron chi connectivity index (χ2n) is 5.03. The summed E-state index contributed by atoms with van der Waals surface area (Å²) in [5, 5.41) is 4.25. The molecular formula is C15H17FN2O2. The van der Waals surface area contributed by atoms with Gasteiger partial charge in [0.05, 0.1) is 18.7 Å². The number of benzene rings is 1. The second-order valence-corrected chi connectivity index (χ2v) is 5.03. The molecule has 1 saturated heterocycles. The molecule has 4 nitrogen and oxygen atoms in total. The van der Waals surface area contributed by atoms with Crippen LogP contribution in [-0.4, -0.2) is 30.5 Å². The van der Waals surface area contributed by atoms with Crippen molar-refractivity contribution in [3.05, 3.63) is 36.3 Å². The van der Waals surface area contributed by atoms with Gasteiger partial charge in [0.15, 0.2) is 5.79 Å². The van der Waals surface area contributed by atoms with Crippen molar-refractivity contribution in [1.29, 1.82) is 0 Å². The van der Waals surface area contributed by atoms with E-state index in [1.54, 1.807) is 12.3 Å². The Labute approximate surface area is 116 Å². The predicted octanol–water partition coefficient (Wildman–Crippen LogP) is 2.94. The Morgan fingerprint density at radius 2 is 2.10 bits per heavy atom. The quantitative estimate of drug-likeness (QED) is 0.932. The highest BCUT2D eigenvalue weighted by Gasteiger charge is 2.30. The molecule has 1 aliphatic rings. The number of aromatic nitrogens is 1. The lowest BCUT2D eigenvalue weighted by Crippen LogP contribution is -2.28. The van der Waals surface area contributed by atoms with E-state index < -0.39 is 5.79 Å². The van der Waals surface area contributed by atoms with Gasteiger partial charge in [-0.1, -0.05) is 0 Å². The Kier molecular flexibility index (Phi) is 3.54. The number of rotatable bonds is 4. The zero-order valence-electron chi connectivity index (χ0n) is 11.4. The van der Waals surface area contributed by atoms with Crippen LogP contribution < -0.4 is 5.32 Å². The predicted molar refractivity (Wildman–Crippen MR) is 75.1 cm³/mol. The number of pyridine rings is 1. The minimum absolute atomic E-state index is 0.276. The largest absolute Gasteiger partial charge is 0.384 e. The lowest BCUT2D eigenvalue weighted by atomic mass is 10.1. The van der Waals surface area contributed by atoms with Crippen LogP contribution in [0.1, 0.15) is 13.3 Å². The van der Waals surface area contributed by atoms with Gasteiger partial charge in [-0.05, 0) is 25.1 Å². The van der Waals surface area contributed by atoms with E-state index >= 15 is 0 Å². The van der Waals surface area contributed by atoms with Crippen molar-refractivity contribution in [3.63, 3.8) is 0 Å². The van der Waals surface area contributed by atoms with Crippen molar-refractivity contribution >= 4 is 16.6 Å². The average molecular weight is 276 g/mol. The zero-order chi connectivity index (χ0) is 14.0. The van der Waals surface area contributed by atoms with Gasteiger partial charge >= 0.3 is 0 Å². The molecule has 3 rings (SSSR count). The van der Waals surface area contributed by atoms with Crippen molar-refractivity contribution in [3.8, 4) is 0 Å². The molecule has 0 bridgehead atoms. The second kappa shape index (κ2) is 5.34. The minimum atomic E-state index is -0.498. The van der Waals surface area contributed by atoms with Crippen LogP contribution in [0.3, 0.4) is 0 Å². The van der Waals surface area contributed by atoms with Crippen LogP contribution in [0.4, 0.5) is 10.1 Å². The van der Waals surface area contributed by atoms with Crippen molar-refractivity contribution in [2.45, 2.75) is 19.1 Å². The van der Waals surface area contributed by atoms with Crippen LogP contribution in [0, 0.1) is 5.82 Å². The number of anilines is 1. The van der Waals surface area contributed by atoms with Gasteiger partial charge in [-0.2, -0.15) is 0 Å². The van der Waals surface area contributed by atoms with Crippen LogP contribution >= 0.6 is 0 Å². The first kappa shape index (κ1) is 13.3. The summed E-state index contributed by atoms with van der Waals surface area (Å²) >= 11 is 0. The normalized spacial score (nSPS) is 17.5. The van der Waals surface area contributed by atoms with E-state index in [4.69, 9.17) is 9.47 Å². The topological polar surface area (TPSA) is 43.4 Å². The van der Waals surface area contributed by atoms with E-state index in [1.165, 1.54) is 12.1 Å². The van der Waals surface area contributed by atoms with Crippen molar-refractivity contribution in [2.75, 3.05) is 25.1 Å². The van der Waals surface area contributed by atoms with Crippen LogP contribution in [0.5, 0.6) is 0 Å². The fourth-order valence-electron chi connectivity index (χ4n) is 2.40. The summed E-state index contributed by atoms with van der Waals surface area (Å²) in [6.07, 6.45) is 2.42. The number of hydrogen-bond acceptors (Lipinski definition) is 4. The molecule has 2 heterocycles. The lowest BCUT2D eigenvalue weighted by Gasteiger charge is -2.22. The van der Waals surface area contributed by atoms with E-state index in [1.807, 2.05) is 13.0 Å². The molecule has 106 valence electrons. The molecule has 2 aromatic rings. The van der Waals surface area contributed by atoms with Gasteiger partial charge in [0.25, 0.3) is 0 Å². The molecule has 0 atom stereocenters. The maximum atomic E-state index is 13.2. The summed E-state index contributed by atoms with van der Waals surface area (Å²) in [5.74, 6) is -0.774. The first-order valence-electron chi connectivity index (χ1n) is 6.72. The third-order valence-corrected chi connectivity index (χ3v) is 3.50. The van der Waals surface area contributed by atoms with Crippen LogP contribution in [0.2, 0.25) is 0 Å². The van der Waals surface area contributed by atoms with Gasteiger partial charge in [-0.15, -0.1) is 0 Å². The summed E-state index contributed by atoms with van der Waals surface area (Å²) in [6, 6.07) is 6.51. The van der Waals surface area contributed by atoms with Crippen molar-refractivity contribution < 1.29 is 13.9 Å². The summed E-state index contributed by atoms with van der Waals surface area (Å²) in [4.78, 5) is 4.17. The molecule has 0 radical (unpaired) electrons. The van der Waals surface area contributed by atoms with Crippen molar-refractivity contribution in [1.82, 2.24) is 4.98 Å². The summed E-state index contributed by atoms with van der Waals surface area (Å²) in [7, 11) is 0. The lowest BCUT2D eigenvalue weighted by molar-refractivity contribution is -0.144. The molecule has 1 aromatic heterocycles. The molecule has 0 amide bonds. The van der Waals surface area contributed by atoms with Gasteiger partial charge < -0.3 is 14.8 Å². The van der Waals surface area contributed by atoms with E-state index in [9.17, 15) is 4.39 Å². The number of ether oxygens (including phenoxy) is 2. The Morgan fingerprint density at radius 3 is 2.90 bits per heavy atom. The van der Waals surface area contributed by atoms with Gasteiger partial charge in [0.1, 0.15) is 5.82 Å². The van der Waals surface area contributed by atoms with E-state index in [0.717, 1.165) is 17.5 Å². The molecule has 0 spiro atoms. The number of fused-ring (bicyclic) bond motifs is 1. The maximum Gasteiger partial charge on any atom is 0.167 e. The fourth-order valence-corrected chi connectivity index (χ4v) is 2.40. The molecule has 5 heteroatoms. The average Bonchev–Trinajstić information content (AvgIpc) is 2.85. The van der Waals surface area contributed by atoms with Gasteiger partial charge in [-0.3, -0.25) is 4.98 Å². The SMILES string of the molecule is CC1(CCNc2ccnc3cc(F)ccc23)OCCO1. The van der Waals surface area contributed by atoms with Gasteiger partial charge in [0.2, 0.25) is 0 Å². The molecule has 0 unspecified atom stereocenters. The highest BCUT2D eigenvalue weighted by Crippen LogP contribution is 2.25. The summed E-state index contributed by atoms with van der Waals surface area (Å²) in [5.41, 5.74) is 1.59. The molecule has 0 aliphatic carbocycles. The van der Waals surface area contributed by atoms with Gasteiger partial charge in [-0.25, -0.2) is 4.39 Å². The molecule has 1 aliphatic heterocycles. The first-order chi connectivity index (χ1) is 9.66. The first-order valence-corrected chi connectivity index (χ1v) is 6.72. The fraction of sp³-hybridized carbons (Fsp3) is 0.400. The number of halogens is 1. The Morgan fingerprint density at radius 1 is 1.30 bits per heavy atom. The molecule has 1 fully saturated rings. The molecule has 1 aromatic carbocycles. The summed E-state index contributed by atoms with van der Waals surface area (Å²) < 4.78 is 24.3. The standard InChI is InChI=1S/C15H17FN2O2/c1-15(19-8-9-20-15)5-7-18-13-4-6-17-14-10-11(16)2-3-12(13)14/h2-4,6,10H,5,7-9H2,1H3,(H,17,18). The third kappa shape index (κ3) is 2.73. The van der Waals surface area contributed by atoms with Crippen LogP contribution in [0.25, 0.3) is 10.9 Å². The smallest absolute Gasteiger partial charge is 0.167 e. The van der Waals surface area contributed by atoms with Gasteiger partial charge in [0, 0.05) is 36.3 Å². The highest BCUT2D eigenvalue weighted by atomic mass is 19.1. The van der Waals surface area contributed by atoms with E-state index in [-0.39, 0.29) is 5.82 Å². The zero-order valence-corrected chi connectivity index (χ0v) is 11.4. The van der Waals surface area contributed by atoms with Crippen LogP contribution in [-0.2, 0) is 9.47 Å². The molecule has 1 N–H and O–H groups in total. The number of nitrogens with one attached hydrogen (secondary N) is 1. The molecule has 20 heavy (non-hydrogen) atoms. The summed E-state index contributed by atoms with van der Waals surface area (Å²) in [6.45, 7) is 3.95. The minimum Gasteiger partial charge on any atom is -0.384 e. The Balaban J connectivity index is 1.71. The van der Waals surface area contributed by atoms with Crippen molar-refractivity contribution in [2.24, 2.45) is 0 Å². The number of hydrogen-bond donors (Lipinski definition) is 1. The molecule has 0 saturated carbocycles.